The topological polar surface area (TPSA) is 35.5 Å². The maximum Gasteiger partial charge on any atom is 0.305 e. The number of hydrogen-bond donors (Lipinski definition) is 0. The zero-order valence-corrected chi connectivity index (χ0v) is 17.6. The van der Waals surface area contributed by atoms with Gasteiger partial charge >= 0.3 is 5.97 Å². The summed E-state index contributed by atoms with van der Waals surface area (Å²) in [6.45, 7) is 5.16. The molecule has 0 N–H and O–H groups in total. The van der Waals surface area contributed by atoms with Crippen LogP contribution in [0.3, 0.4) is 0 Å². The molecular formula is C24H40O3. The SMILES string of the molecule is CCCCCCCCCc1ccc(OCCOC(=O)CCCCCC)cc1. The van der Waals surface area contributed by atoms with Gasteiger partial charge in [-0.1, -0.05) is 83.8 Å². The summed E-state index contributed by atoms with van der Waals surface area (Å²) in [6.07, 6.45) is 15.5. The molecule has 0 aliphatic carbocycles. The molecule has 0 saturated heterocycles. The van der Waals surface area contributed by atoms with Gasteiger partial charge in [0.1, 0.15) is 19.0 Å². The Balaban J connectivity index is 2.05. The molecular weight excluding hydrogens is 336 g/mol. The summed E-state index contributed by atoms with van der Waals surface area (Å²) < 4.78 is 10.9. The van der Waals surface area contributed by atoms with E-state index in [9.17, 15) is 4.79 Å². The van der Waals surface area contributed by atoms with Gasteiger partial charge in [-0.3, -0.25) is 4.79 Å². The molecule has 1 aromatic rings. The molecule has 0 bridgehead atoms. The summed E-state index contributed by atoms with van der Waals surface area (Å²) in [4.78, 5) is 11.6. The fourth-order valence-electron chi connectivity index (χ4n) is 3.12. The lowest BCUT2D eigenvalue weighted by Crippen LogP contribution is -2.12. The smallest absolute Gasteiger partial charge is 0.305 e. The molecule has 1 aromatic carbocycles. The first-order valence-corrected chi connectivity index (χ1v) is 11.1. The monoisotopic (exact) mass is 376 g/mol. The van der Waals surface area contributed by atoms with E-state index in [1.165, 1.54) is 63.4 Å². The highest BCUT2D eigenvalue weighted by molar-refractivity contribution is 5.69. The molecule has 0 fully saturated rings. The Hall–Kier alpha value is -1.51. The number of carbonyl (C=O) groups excluding carboxylic acids is 1. The van der Waals surface area contributed by atoms with Gasteiger partial charge in [0, 0.05) is 6.42 Å². The number of rotatable bonds is 17. The van der Waals surface area contributed by atoms with E-state index < -0.39 is 0 Å². The van der Waals surface area contributed by atoms with Crippen molar-refractivity contribution in [2.75, 3.05) is 13.2 Å². The van der Waals surface area contributed by atoms with Crippen LogP contribution in [-0.2, 0) is 16.0 Å². The molecule has 0 saturated carbocycles. The number of ether oxygens (including phenoxy) is 2. The van der Waals surface area contributed by atoms with Crippen molar-refractivity contribution < 1.29 is 14.3 Å². The first kappa shape index (κ1) is 23.5. The molecule has 0 aliphatic rings. The fourth-order valence-corrected chi connectivity index (χ4v) is 3.12. The highest BCUT2D eigenvalue weighted by Gasteiger charge is 2.03. The summed E-state index contributed by atoms with van der Waals surface area (Å²) in [7, 11) is 0. The summed E-state index contributed by atoms with van der Waals surface area (Å²) in [5.41, 5.74) is 1.37. The van der Waals surface area contributed by atoms with Crippen molar-refractivity contribution in [1.82, 2.24) is 0 Å². The van der Waals surface area contributed by atoms with Crippen LogP contribution in [0.1, 0.15) is 96.5 Å². The number of benzene rings is 1. The molecule has 0 atom stereocenters. The van der Waals surface area contributed by atoms with E-state index in [1.807, 2.05) is 12.1 Å². The Morgan fingerprint density at radius 2 is 1.33 bits per heavy atom. The lowest BCUT2D eigenvalue weighted by molar-refractivity contribution is -0.144. The van der Waals surface area contributed by atoms with Gasteiger partial charge in [0.2, 0.25) is 0 Å². The van der Waals surface area contributed by atoms with E-state index in [0.717, 1.165) is 25.0 Å². The van der Waals surface area contributed by atoms with Crippen molar-refractivity contribution in [3.05, 3.63) is 29.8 Å². The van der Waals surface area contributed by atoms with Gasteiger partial charge in [0.05, 0.1) is 0 Å². The summed E-state index contributed by atoms with van der Waals surface area (Å²) in [6, 6.07) is 8.32. The Bertz CT molecular complexity index is 467. The van der Waals surface area contributed by atoms with Crippen molar-refractivity contribution in [2.45, 2.75) is 97.3 Å². The standard InChI is InChI=1S/C24H40O3/c1-3-5-7-9-10-11-12-14-22-16-18-23(19-17-22)26-20-21-27-24(25)15-13-8-6-4-2/h16-19H,3-15,20-21H2,1-2H3. The van der Waals surface area contributed by atoms with Crippen molar-refractivity contribution in [1.29, 1.82) is 0 Å². The molecule has 154 valence electrons. The van der Waals surface area contributed by atoms with Crippen LogP contribution in [-0.4, -0.2) is 19.2 Å². The van der Waals surface area contributed by atoms with Gasteiger partial charge in [0.25, 0.3) is 0 Å². The van der Waals surface area contributed by atoms with Crippen LogP contribution in [0.2, 0.25) is 0 Å². The predicted octanol–water partition coefficient (Wildman–Crippen LogP) is 6.87. The van der Waals surface area contributed by atoms with Crippen molar-refractivity contribution in [2.24, 2.45) is 0 Å². The Morgan fingerprint density at radius 3 is 2.00 bits per heavy atom. The van der Waals surface area contributed by atoms with Crippen LogP contribution in [0.4, 0.5) is 0 Å². The van der Waals surface area contributed by atoms with E-state index in [1.54, 1.807) is 0 Å². The number of esters is 1. The Morgan fingerprint density at radius 1 is 0.741 bits per heavy atom. The maximum atomic E-state index is 11.6. The number of hydrogen-bond acceptors (Lipinski definition) is 3. The second-order valence-electron chi connectivity index (χ2n) is 7.39. The third-order valence-corrected chi connectivity index (χ3v) is 4.84. The quantitative estimate of drug-likeness (QED) is 0.220. The maximum absolute atomic E-state index is 11.6. The molecule has 0 spiro atoms. The fraction of sp³-hybridized carbons (Fsp3) is 0.708. The van der Waals surface area contributed by atoms with E-state index >= 15 is 0 Å². The molecule has 0 unspecified atom stereocenters. The lowest BCUT2D eigenvalue weighted by Gasteiger charge is -2.08. The van der Waals surface area contributed by atoms with E-state index in [-0.39, 0.29) is 5.97 Å². The molecule has 0 heterocycles. The van der Waals surface area contributed by atoms with Crippen LogP contribution in [0.5, 0.6) is 5.75 Å². The molecule has 3 heteroatoms. The van der Waals surface area contributed by atoms with Gasteiger partial charge in [-0.05, 0) is 37.0 Å². The molecule has 0 aromatic heterocycles. The number of unbranched alkanes of at least 4 members (excludes halogenated alkanes) is 9. The number of carbonyl (C=O) groups is 1. The minimum absolute atomic E-state index is 0.111. The van der Waals surface area contributed by atoms with Gasteiger partial charge in [-0.2, -0.15) is 0 Å². The molecule has 0 radical (unpaired) electrons. The summed E-state index contributed by atoms with van der Waals surface area (Å²) in [5, 5.41) is 0. The Kier molecular flexibility index (Phi) is 14.5. The molecule has 0 amide bonds. The highest BCUT2D eigenvalue weighted by Crippen LogP contribution is 2.15. The molecule has 1 rings (SSSR count). The third kappa shape index (κ3) is 13.3. The predicted molar refractivity (Wildman–Crippen MR) is 113 cm³/mol. The second kappa shape index (κ2) is 16.6. The Labute approximate surface area is 166 Å². The van der Waals surface area contributed by atoms with Gasteiger partial charge in [0.15, 0.2) is 0 Å². The summed E-state index contributed by atoms with van der Waals surface area (Å²) in [5.74, 6) is 0.733. The van der Waals surface area contributed by atoms with Crippen LogP contribution < -0.4 is 4.74 Å². The average molecular weight is 377 g/mol. The van der Waals surface area contributed by atoms with E-state index in [0.29, 0.717) is 19.6 Å². The van der Waals surface area contributed by atoms with Crippen LogP contribution in [0.25, 0.3) is 0 Å². The largest absolute Gasteiger partial charge is 0.490 e. The van der Waals surface area contributed by atoms with Crippen LogP contribution in [0, 0.1) is 0 Å². The molecule has 3 nitrogen and oxygen atoms in total. The third-order valence-electron chi connectivity index (χ3n) is 4.84. The van der Waals surface area contributed by atoms with Crippen LogP contribution >= 0.6 is 0 Å². The van der Waals surface area contributed by atoms with Crippen molar-refractivity contribution in [3.8, 4) is 5.75 Å². The lowest BCUT2D eigenvalue weighted by atomic mass is 10.0. The normalized spacial score (nSPS) is 10.7. The van der Waals surface area contributed by atoms with E-state index in [4.69, 9.17) is 9.47 Å². The van der Waals surface area contributed by atoms with Gasteiger partial charge in [-0.15, -0.1) is 0 Å². The average Bonchev–Trinajstić information content (AvgIpc) is 2.69. The van der Waals surface area contributed by atoms with Crippen LogP contribution in [0.15, 0.2) is 24.3 Å². The zero-order chi connectivity index (χ0) is 19.6. The molecule has 27 heavy (non-hydrogen) atoms. The minimum Gasteiger partial charge on any atom is -0.490 e. The summed E-state index contributed by atoms with van der Waals surface area (Å²) >= 11 is 0. The van der Waals surface area contributed by atoms with Gasteiger partial charge < -0.3 is 9.47 Å². The van der Waals surface area contributed by atoms with E-state index in [2.05, 4.69) is 26.0 Å². The zero-order valence-electron chi connectivity index (χ0n) is 17.6. The van der Waals surface area contributed by atoms with Crippen molar-refractivity contribution in [3.63, 3.8) is 0 Å². The minimum atomic E-state index is -0.111. The first-order chi connectivity index (χ1) is 13.3. The second-order valence-corrected chi connectivity index (χ2v) is 7.39. The van der Waals surface area contributed by atoms with Crippen molar-refractivity contribution >= 4 is 5.97 Å². The highest BCUT2D eigenvalue weighted by atomic mass is 16.6. The number of aryl methyl sites for hydroxylation is 1. The molecule has 0 aliphatic heterocycles. The van der Waals surface area contributed by atoms with Gasteiger partial charge in [-0.25, -0.2) is 0 Å². The first-order valence-electron chi connectivity index (χ1n) is 11.1.